The van der Waals surface area contributed by atoms with Crippen molar-refractivity contribution in [2.24, 2.45) is 0 Å². The molecule has 0 saturated heterocycles. The number of anilines is 1. The van der Waals surface area contributed by atoms with Crippen LogP contribution in [0.15, 0.2) is 30.6 Å². The molecule has 0 bridgehead atoms. The third-order valence-electron chi connectivity index (χ3n) is 2.35. The minimum atomic E-state index is 0.649. The van der Waals surface area contributed by atoms with Crippen molar-refractivity contribution >= 4 is 5.69 Å². The number of ether oxygens (including phenoxy) is 1. The smallest absolute Gasteiger partial charge is 0.181 e. The summed E-state index contributed by atoms with van der Waals surface area (Å²) >= 11 is 0. The summed E-state index contributed by atoms with van der Waals surface area (Å²) in [5.41, 5.74) is 7.37. The molecular weight excluding hydrogens is 216 g/mol. The Balaban J connectivity index is 2.07. The van der Waals surface area contributed by atoms with Crippen LogP contribution in [0.2, 0.25) is 0 Å². The quantitative estimate of drug-likeness (QED) is 0.627. The van der Waals surface area contributed by atoms with Gasteiger partial charge in [-0.3, -0.25) is 4.68 Å². The van der Waals surface area contributed by atoms with E-state index in [9.17, 15) is 0 Å². The maximum absolute atomic E-state index is 5.72. The molecular formula is C12H16N4O. The molecule has 2 aromatic rings. The lowest BCUT2D eigenvalue weighted by Crippen LogP contribution is -2.06. The molecule has 1 heterocycles. The number of benzene rings is 1. The van der Waals surface area contributed by atoms with Gasteiger partial charge in [-0.2, -0.15) is 5.10 Å². The van der Waals surface area contributed by atoms with Gasteiger partial charge in [-0.25, -0.2) is 4.98 Å². The zero-order valence-corrected chi connectivity index (χ0v) is 9.84. The van der Waals surface area contributed by atoms with Gasteiger partial charge in [-0.05, 0) is 19.1 Å². The van der Waals surface area contributed by atoms with Gasteiger partial charge in [-0.1, -0.05) is 12.1 Å². The fourth-order valence-corrected chi connectivity index (χ4v) is 1.51. The van der Waals surface area contributed by atoms with Crippen molar-refractivity contribution in [3.63, 3.8) is 0 Å². The van der Waals surface area contributed by atoms with Crippen LogP contribution in [-0.2, 0) is 11.3 Å². The van der Waals surface area contributed by atoms with Crippen LogP contribution in [0, 0.1) is 0 Å². The second kappa shape index (κ2) is 5.45. The molecule has 1 aromatic carbocycles. The highest BCUT2D eigenvalue weighted by Gasteiger charge is 2.04. The van der Waals surface area contributed by atoms with E-state index in [1.54, 1.807) is 11.0 Å². The van der Waals surface area contributed by atoms with E-state index in [-0.39, 0.29) is 0 Å². The molecule has 0 amide bonds. The van der Waals surface area contributed by atoms with Crippen LogP contribution in [0.5, 0.6) is 0 Å². The molecule has 0 aliphatic heterocycles. The molecule has 0 fully saturated rings. The maximum atomic E-state index is 5.72. The highest BCUT2D eigenvalue weighted by atomic mass is 16.5. The van der Waals surface area contributed by atoms with Crippen LogP contribution in [0.1, 0.15) is 6.92 Å². The van der Waals surface area contributed by atoms with Gasteiger partial charge in [0.05, 0.1) is 13.2 Å². The fourth-order valence-electron chi connectivity index (χ4n) is 1.51. The SMILES string of the molecule is CCOCCn1cnc(-c2cccc(N)c2)n1. The second-order valence-electron chi connectivity index (χ2n) is 3.65. The van der Waals surface area contributed by atoms with Gasteiger partial charge in [0.1, 0.15) is 6.33 Å². The van der Waals surface area contributed by atoms with Crippen molar-refractivity contribution in [3.05, 3.63) is 30.6 Å². The highest BCUT2D eigenvalue weighted by Crippen LogP contribution is 2.16. The average molecular weight is 232 g/mol. The van der Waals surface area contributed by atoms with Crippen LogP contribution in [-0.4, -0.2) is 28.0 Å². The van der Waals surface area contributed by atoms with Crippen molar-refractivity contribution in [2.45, 2.75) is 13.5 Å². The van der Waals surface area contributed by atoms with E-state index in [0.717, 1.165) is 12.2 Å². The van der Waals surface area contributed by atoms with Gasteiger partial charge in [-0.15, -0.1) is 0 Å². The van der Waals surface area contributed by atoms with Crippen LogP contribution in [0.3, 0.4) is 0 Å². The van der Waals surface area contributed by atoms with Gasteiger partial charge in [0.25, 0.3) is 0 Å². The summed E-state index contributed by atoms with van der Waals surface area (Å²) in [4.78, 5) is 4.25. The summed E-state index contributed by atoms with van der Waals surface area (Å²) < 4.78 is 7.03. The zero-order chi connectivity index (χ0) is 12.1. The fraction of sp³-hybridized carbons (Fsp3) is 0.333. The topological polar surface area (TPSA) is 66.0 Å². The van der Waals surface area contributed by atoms with Gasteiger partial charge in [0.2, 0.25) is 0 Å². The Labute approximate surface area is 100 Å². The average Bonchev–Trinajstić information content (AvgIpc) is 2.78. The second-order valence-corrected chi connectivity index (χ2v) is 3.65. The molecule has 0 aliphatic rings. The molecule has 0 unspecified atom stereocenters. The lowest BCUT2D eigenvalue weighted by atomic mass is 10.2. The first-order valence-electron chi connectivity index (χ1n) is 5.62. The van der Waals surface area contributed by atoms with E-state index in [0.29, 0.717) is 24.7 Å². The van der Waals surface area contributed by atoms with E-state index in [1.165, 1.54) is 0 Å². The minimum absolute atomic E-state index is 0.649. The minimum Gasteiger partial charge on any atom is -0.399 e. The Morgan fingerprint density at radius 3 is 3.06 bits per heavy atom. The number of nitrogen functional groups attached to an aromatic ring is 1. The highest BCUT2D eigenvalue weighted by molar-refractivity contribution is 5.60. The summed E-state index contributed by atoms with van der Waals surface area (Å²) in [7, 11) is 0. The lowest BCUT2D eigenvalue weighted by molar-refractivity contribution is 0.136. The molecule has 0 radical (unpaired) electrons. The molecule has 0 atom stereocenters. The van der Waals surface area contributed by atoms with E-state index in [4.69, 9.17) is 10.5 Å². The van der Waals surface area contributed by atoms with E-state index in [2.05, 4.69) is 10.1 Å². The number of rotatable bonds is 5. The first kappa shape index (κ1) is 11.6. The molecule has 1 aromatic heterocycles. The third-order valence-corrected chi connectivity index (χ3v) is 2.35. The Bertz CT molecular complexity index is 481. The molecule has 2 rings (SSSR count). The third kappa shape index (κ3) is 3.04. The molecule has 5 nitrogen and oxygen atoms in total. The predicted octanol–water partition coefficient (Wildman–Crippen LogP) is 1.56. The number of hydrogen-bond acceptors (Lipinski definition) is 4. The van der Waals surface area contributed by atoms with Crippen LogP contribution in [0.25, 0.3) is 11.4 Å². The van der Waals surface area contributed by atoms with Gasteiger partial charge in [0.15, 0.2) is 5.82 Å². The van der Waals surface area contributed by atoms with E-state index in [1.807, 2.05) is 31.2 Å². The van der Waals surface area contributed by atoms with Gasteiger partial charge >= 0.3 is 0 Å². The monoisotopic (exact) mass is 232 g/mol. The summed E-state index contributed by atoms with van der Waals surface area (Å²) in [6.45, 7) is 4.05. The molecule has 0 saturated carbocycles. The summed E-state index contributed by atoms with van der Waals surface area (Å²) in [5.74, 6) is 0.689. The Kier molecular flexibility index (Phi) is 3.72. The van der Waals surface area contributed by atoms with E-state index < -0.39 is 0 Å². The summed E-state index contributed by atoms with van der Waals surface area (Å²) in [5, 5.41) is 4.36. The van der Waals surface area contributed by atoms with Crippen LogP contribution < -0.4 is 5.73 Å². The van der Waals surface area contributed by atoms with Gasteiger partial charge in [0, 0.05) is 17.9 Å². The van der Waals surface area contributed by atoms with Crippen molar-refractivity contribution in [2.75, 3.05) is 18.9 Å². The predicted molar refractivity (Wildman–Crippen MR) is 66.4 cm³/mol. The molecule has 5 heteroatoms. The maximum Gasteiger partial charge on any atom is 0.181 e. The molecule has 0 spiro atoms. The lowest BCUT2D eigenvalue weighted by Gasteiger charge is -2.00. The van der Waals surface area contributed by atoms with Crippen LogP contribution >= 0.6 is 0 Å². The van der Waals surface area contributed by atoms with Crippen LogP contribution in [0.4, 0.5) is 5.69 Å². The molecule has 2 N–H and O–H groups in total. The Morgan fingerprint density at radius 2 is 2.29 bits per heavy atom. The van der Waals surface area contributed by atoms with Crippen molar-refractivity contribution < 1.29 is 4.74 Å². The number of nitrogens with two attached hydrogens (primary N) is 1. The standard InChI is InChI=1S/C12H16N4O/c1-2-17-7-6-16-9-14-12(15-16)10-4-3-5-11(13)8-10/h3-5,8-9H,2,6-7,13H2,1H3. The Hall–Kier alpha value is -1.88. The Morgan fingerprint density at radius 1 is 1.41 bits per heavy atom. The first-order valence-corrected chi connectivity index (χ1v) is 5.62. The normalized spacial score (nSPS) is 10.6. The molecule has 0 aliphatic carbocycles. The van der Waals surface area contributed by atoms with Gasteiger partial charge < -0.3 is 10.5 Å². The number of hydrogen-bond donors (Lipinski definition) is 1. The summed E-state index contributed by atoms with van der Waals surface area (Å²) in [6.07, 6.45) is 1.71. The summed E-state index contributed by atoms with van der Waals surface area (Å²) in [6, 6.07) is 7.54. The van der Waals surface area contributed by atoms with Crippen molar-refractivity contribution in [3.8, 4) is 11.4 Å². The largest absolute Gasteiger partial charge is 0.399 e. The number of nitrogens with zero attached hydrogens (tertiary/aromatic N) is 3. The first-order chi connectivity index (χ1) is 8.29. The molecule has 90 valence electrons. The van der Waals surface area contributed by atoms with Crippen molar-refractivity contribution in [1.82, 2.24) is 14.8 Å². The van der Waals surface area contributed by atoms with E-state index >= 15 is 0 Å². The van der Waals surface area contributed by atoms with Crippen molar-refractivity contribution in [1.29, 1.82) is 0 Å². The zero-order valence-electron chi connectivity index (χ0n) is 9.84. The molecule has 17 heavy (non-hydrogen) atoms. The number of aromatic nitrogens is 3.